The lowest BCUT2D eigenvalue weighted by Gasteiger charge is -2.04. The minimum atomic E-state index is 0.293. The highest BCUT2D eigenvalue weighted by atomic mass is 32.1. The molecule has 0 saturated carbocycles. The maximum absolute atomic E-state index is 4.63. The van der Waals surface area contributed by atoms with Gasteiger partial charge >= 0.3 is 0 Å². The Morgan fingerprint density at radius 3 is 2.81 bits per heavy atom. The molecule has 2 aromatic heterocycles. The average Bonchev–Trinajstić information content (AvgIpc) is 2.83. The van der Waals surface area contributed by atoms with Crippen molar-refractivity contribution < 1.29 is 0 Å². The van der Waals surface area contributed by atoms with Crippen molar-refractivity contribution >= 4 is 11.3 Å². The van der Waals surface area contributed by atoms with Crippen LogP contribution >= 0.6 is 11.3 Å². The predicted molar refractivity (Wildman–Crippen MR) is 66.5 cm³/mol. The van der Waals surface area contributed by atoms with Gasteiger partial charge in [0.15, 0.2) is 0 Å². The number of nitrogens with zero attached hydrogens (tertiary/aromatic N) is 3. The van der Waals surface area contributed by atoms with Crippen LogP contribution in [0.15, 0.2) is 11.6 Å². The number of aryl methyl sites for hydroxylation is 2. The van der Waals surface area contributed by atoms with Crippen LogP contribution in [-0.4, -0.2) is 21.8 Å². The Balaban J connectivity index is 2.35. The molecule has 2 heterocycles. The summed E-state index contributed by atoms with van der Waals surface area (Å²) in [7, 11) is 3.88. The van der Waals surface area contributed by atoms with Crippen molar-refractivity contribution in [2.24, 2.45) is 7.05 Å². The Morgan fingerprint density at radius 2 is 2.25 bits per heavy atom. The molecule has 0 aromatic carbocycles. The minimum absolute atomic E-state index is 0.293. The van der Waals surface area contributed by atoms with Crippen molar-refractivity contribution in [2.45, 2.75) is 19.9 Å². The molecule has 16 heavy (non-hydrogen) atoms. The van der Waals surface area contributed by atoms with E-state index in [1.165, 1.54) is 0 Å². The Bertz CT molecular complexity index is 486. The van der Waals surface area contributed by atoms with Crippen LogP contribution in [0.1, 0.15) is 24.4 Å². The SMILES string of the molecule is CNC(C)c1csc(-c2cn(C)nc2C)n1. The standard InChI is InChI=1S/C11H16N4S/c1-7-9(5-15(4)14-7)11-13-10(6-16-11)8(2)12-3/h5-6,8,12H,1-4H3. The maximum Gasteiger partial charge on any atom is 0.127 e. The molecule has 0 aliphatic heterocycles. The van der Waals surface area contributed by atoms with Crippen LogP contribution < -0.4 is 5.32 Å². The molecule has 0 amide bonds. The van der Waals surface area contributed by atoms with Crippen LogP contribution in [0, 0.1) is 6.92 Å². The summed E-state index contributed by atoms with van der Waals surface area (Å²) in [6, 6.07) is 0.293. The predicted octanol–water partition coefficient (Wildman–Crippen LogP) is 2.13. The summed E-state index contributed by atoms with van der Waals surface area (Å²) in [5.41, 5.74) is 3.24. The first-order chi connectivity index (χ1) is 7.61. The zero-order chi connectivity index (χ0) is 11.7. The zero-order valence-electron chi connectivity index (χ0n) is 9.98. The van der Waals surface area contributed by atoms with Gasteiger partial charge in [0, 0.05) is 24.7 Å². The molecule has 0 saturated heterocycles. The first-order valence-electron chi connectivity index (χ1n) is 5.25. The van der Waals surface area contributed by atoms with Crippen LogP contribution in [0.3, 0.4) is 0 Å². The molecule has 0 aliphatic rings. The summed E-state index contributed by atoms with van der Waals surface area (Å²) >= 11 is 1.67. The molecule has 0 bridgehead atoms. The van der Waals surface area contributed by atoms with Gasteiger partial charge in [0.2, 0.25) is 0 Å². The van der Waals surface area contributed by atoms with Crippen molar-refractivity contribution in [1.29, 1.82) is 0 Å². The van der Waals surface area contributed by atoms with Gasteiger partial charge in [0.25, 0.3) is 0 Å². The third kappa shape index (κ3) is 2.01. The molecule has 1 unspecified atom stereocenters. The molecule has 0 fully saturated rings. The Hall–Kier alpha value is -1.20. The first kappa shape index (κ1) is 11.3. The maximum atomic E-state index is 4.63. The number of hydrogen-bond acceptors (Lipinski definition) is 4. The quantitative estimate of drug-likeness (QED) is 0.887. The minimum Gasteiger partial charge on any atom is -0.312 e. The van der Waals surface area contributed by atoms with E-state index in [0.717, 1.165) is 22.0 Å². The van der Waals surface area contributed by atoms with E-state index in [9.17, 15) is 0 Å². The summed E-state index contributed by atoms with van der Waals surface area (Å²) in [6.45, 7) is 4.12. The average molecular weight is 236 g/mol. The molecule has 4 nitrogen and oxygen atoms in total. The molecular weight excluding hydrogens is 220 g/mol. The van der Waals surface area contributed by atoms with E-state index in [1.54, 1.807) is 11.3 Å². The van der Waals surface area contributed by atoms with E-state index < -0.39 is 0 Å². The van der Waals surface area contributed by atoms with Gasteiger partial charge < -0.3 is 5.32 Å². The third-order valence-electron chi connectivity index (χ3n) is 2.64. The number of nitrogens with one attached hydrogen (secondary N) is 1. The van der Waals surface area contributed by atoms with E-state index in [4.69, 9.17) is 0 Å². The van der Waals surface area contributed by atoms with Crippen LogP contribution in [0.25, 0.3) is 10.6 Å². The second-order valence-electron chi connectivity index (χ2n) is 3.89. The van der Waals surface area contributed by atoms with Gasteiger partial charge in [0.1, 0.15) is 5.01 Å². The Labute approximate surface area is 99.3 Å². The van der Waals surface area contributed by atoms with Crippen molar-refractivity contribution in [3.63, 3.8) is 0 Å². The van der Waals surface area contributed by atoms with Crippen molar-refractivity contribution in [3.05, 3.63) is 23.0 Å². The summed E-state index contributed by atoms with van der Waals surface area (Å²) in [4.78, 5) is 4.63. The Morgan fingerprint density at radius 1 is 1.50 bits per heavy atom. The molecule has 2 aromatic rings. The van der Waals surface area contributed by atoms with E-state index >= 15 is 0 Å². The molecule has 5 heteroatoms. The fourth-order valence-electron chi connectivity index (χ4n) is 1.57. The van der Waals surface area contributed by atoms with E-state index in [-0.39, 0.29) is 0 Å². The lowest BCUT2D eigenvalue weighted by molar-refractivity contribution is 0.637. The van der Waals surface area contributed by atoms with Gasteiger partial charge in [-0.2, -0.15) is 5.10 Å². The van der Waals surface area contributed by atoms with Gasteiger partial charge in [-0.3, -0.25) is 4.68 Å². The first-order valence-corrected chi connectivity index (χ1v) is 6.13. The molecule has 0 spiro atoms. The van der Waals surface area contributed by atoms with Crippen molar-refractivity contribution in [1.82, 2.24) is 20.1 Å². The zero-order valence-corrected chi connectivity index (χ0v) is 10.8. The number of rotatable bonds is 3. The smallest absolute Gasteiger partial charge is 0.127 e. The van der Waals surface area contributed by atoms with E-state index in [1.807, 2.05) is 31.9 Å². The van der Waals surface area contributed by atoms with Gasteiger partial charge in [-0.25, -0.2) is 4.98 Å². The molecule has 0 aliphatic carbocycles. The molecule has 1 atom stereocenters. The van der Waals surface area contributed by atoms with Crippen LogP contribution in [0.2, 0.25) is 0 Å². The molecule has 2 rings (SSSR count). The Kier molecular flexibility index (Phi) is 3.07. The summed E-state index contributed by atoms with van der Waals surface area (Å²) < 4.78 is 1.83. The van der Waals surface area contributed by atoms with Crippen LogP contribution in [0.4, 0.5) is 0 Å². The van der Waals surface area contributed by atoms with Gasteiger partial charge in [-0.05, 0) is 20.9 Å². The third-order valence-corrected chi connectivity index (χ3v) is 3.54. The highest BCUT2D eigenvalue weighted by molar-refractivity contribution is 7.13. The monoisotopic (exact) mass is 236 g/mol. The highest BCUT2D eigenvalue weighted by Gasteiger charge is 2.12. The summed E-state index contributed by atoms with van der Waals surface area (Å²) in [5.74, 6) is 0. The fourth-order valence-corrected chi connectivity index (χ4v) is 2.54. The second kappa shape index (κ2) is 4.35. The molecular formula is C11H16N4S. The second-order valence-corrected chi connectivity index (χ2v) is 4.75. The fraction of sp³-hybridized carbons (Fsp3) is 0.455. The normalized spacial score (nSPS) is 13.0. The van der Waals surface area contributed by atoms with Crippen LogP contribution in [-0.2, 0) is 7.05 Å². The highest BCUT2D eigenvalue weighted by Crippen LogP contribution is 2.27. The van der Waals surface area contributed by atoms with Gasteiger partial charge in [0.05, 0.1) is 17.0 Å². The number of thiazole rings is 1. The number of hydrogen-bond donors (Lipinski definition) is 1. The molecule has 86 valence electrons. The number of aromatic nitrogens is 3. The summed E-state index contributed by atoms with van der Waals surface area (Å²) in [5, 5.41) is 10.7. The van der Waals surface area contributed by atoms with Crippen molar-refractivity contribution in [3.8, 4) is 10.6 Å². The summed E-state index contributed by atoms with van der Waals surface area (Å²) in [6.07, 6.45) is 2.02. The van der Waals surface area contributed by atoms with E-state index in [0.29, 0.717) is 6.04 Å². The van der Waals surface area contributed by atoms with Crippen LogP contribution in [0.5, 0.6) is 0 Å². The van der Waals surface area contributed by atoms with Gasteiger partial charge in [-0.1, -0.05) is 0 Å². The lowest BCUT2D eigenvalue weighted by Crippen LogP contribution is -2.12. The topological polar surface area (TPSA) is 42.7 Å². The largest absolute Gasteiger partial charge is 0.312 e. The van der Waals surface area contributed by atoms with Crippen molar-refractivity contribution in [2.75, 3.05) is 7.05 Å². The molecule has 0 radical (unpaired) electrons. The molecule has 1 N–H and O–H groups in total. The van der Waals surface area contributed by atoms with E-state index in [2.05, 4.69) is 27.7 Å². The van der Waals surface area contributed by atoms with Gasteiger partial charge in [-0.15, -0.1) is 11.3 Å². The lowest BCUT2D eigenvalue weighted by atomic mass is 10.2.